The van der Waals surface area contributed by atoms with Crippen molar-refractivity contribution in [1.29, 1.82) is 0 Å². The summed E-state index contributed by atoms with van der Waals surface area (Å²) in [4.78, 5) is 4.24. The van der Waals surface area contributed by atoms with E-state index in [2.05, 4.69) is 14.9 Å². The molecule has 0 unspecified atom stereocenters. The van der Waals surface area contributed by atoms with E-state index in [4.69, 9.17) is 4.52 Å². The Kier molecular flexibility index (Phi) is 4.93. The van der Waals surface area contributed by atoms with Gasteiger partial charge in [0.15, 0.2) is 0 Å². The Morgan fingerprint density at radius 2 is 1.86 bits per heavy atom. The zero-order chi connectivity index (χ0) is 20.6. The highest BCUT2D eigenvalue weighted by Gasteiger charge is 2.20. The van der Waals surface area contributed by atoms with Crippen LogP contribution in [0.2, 0.25) is 0 Å². The number of aryl methyl sites for hydroxylation is 2. The molecule has 2 aromatic heterocycles. The van der Waals surface area contributed by atoms with Crippen LogP contribution in [0, 0.1) is 19.7 Å². The highest BCUT2D eigenvalue weighted by molar-refractivity contribution is 7.94. The maximum absolute atomic E-state index is 13.4. The number of hydrogen-bond donors (Lipinski definition) is 1. The monoisotopic (exact) mass is 429 g/mol. The maximum atomic E-state index is 13.4. The number of halogens is 1. The Morgan fingerprint density at radius 3 is 2.62 bits per heavy atom. The first-order chi connectivity index (χ1) is 13.8. The largest absolute Gasteiger partial charge is 0.334 e. The second-order valence-electron chi connectivity index (χ2n) is 6.49. The van der Waals surface area contributed by atoms with Crippen molar-refractivity contribution in [2.45, 2.75) is 18.1 Å². The SMILES string of the molecule is Cc1ccc(NS(=O)(=O)c2cc(-c3nc(-c4cccc(F)c4)no3)cs2)cc1C. The van der Waals surface area contributed by atoms with Gasteiger partial charge < -0.3 is 4.52 Å². The summed E-state index contributed by atoms with van der Waals surface area (Å²) in [5.41, 5.74) is 3.52. The molecule has 4 rings (SSSR count). The Morgan fingerprint density at radius 1 is 1.03 bits per heavy atom. The van der Waals surface area contributed by atoms with E-state index in [0.29, 0.717) is 16.8 Å². The molecular weight excluding hydrogens is 413 g/mol. The van der Waals surface area contributed by atoms with Crippen molar-refractivity contribution in [1.82, 2.24) is 10.1 Å². The number of rotatable bonds is 5. The number of benzene rings is 2. The number of hydrogen-bond acceptors (Lipinski definition) is 6. The zero-order valence-electron chi connectivity index (χ0n) is 15.5. The van der Waals surface area contributed by atoms with Crippen molar-refractivity contribution in [3.05, 3.63) is 70.9 Å². The fourth-order valence-corrected chi connectivity index (χ4v) is 4.87. The van der Waals surface area contributed by atoms with Crippen LogP contribution in [0.1, 0.15) is 11.1 Å². The molecule has 2 heterocycles. The van der Waals surface area contributed by atoms with Gasteiger partial charge in [-0.3, -0.25) is 4.72 Å². The van der Waals surface area contributed by atoms with E-state index in [1.54, 1.807) is 29.6 Å². The molecule has 0 aliphatic carbocycles. The fourth-order valence-electron chi connectivity index (χ4n) is 2.67. The summed E-state index contributed by atoms with van der Waals surface area (Å²) in [6.45, 7) is 3.88. The zero-order valence-corrected chi connectivity index (χ0v) is 17.1. The van der Waals surface area contributed by atoms with Gasteiger partial charge in [0.05, 0.1) is 5.56 Å². The van der Waals surface area contributed by atoms with Crippen molar-refractivity contribution >= 4 is 27.0 Å². The van der Waals surface area contributed by atoms with Gasteiger partial charge in [0.25, 0.3) is 15.9 Å². The van der Waals surface area contributed by atoms with E-state index in [1.807, 2.05) is 19.9 Å². The molecule has 0 radical (unpaired) electrons. The molecular formula is C20H16FN3O3S2. The average molecular weight is 429 g/mol. The van der Waals surface area contributed by atoms with Crippen LogP contribution in [0.25, 0.3) is 22.8 Å². The fraction of sp³-hybridized carbons (Fsp3) is 0.100. The van der Waals surface area contributed by atoms with Gasteiger partial charge in [0.1, 0.15) is 10.0 Å². The van der Waals surface area contributed by atoms with Gasteiger partial charge in [0, 0.05) is 16.6 Å². The molecule has 0 spiro atoms. The van der Waals surface area contributed by atoms with Crippen molar-refractivity contribution in [3.63, 3.8) is 0 Å². The van der Waals surface area contributed by atoms with Gasteiger partial charge in [-0.2, -0.15) is 4.98 Å². The van der Waals surface area contributed by atoms with Gasteiger partial charge in [0.2, 0.25) is 5.82 Å². The molecule has 1 N–H and O–H groups in total. The first-order valence-electron chi connectivity index (χ1n) is 8.60. The Balaban J connectivity index is 1.58. The summed E-state index contributed by atoms with van der Waals surface area (Å²) >= 11 is 1.05. The predicted octanol–water partition coefficient (Wildman–Crippen LogP) is 5.02. The summed E-state index contributed by atoms with van der Waals surface area (Å²) in [5, 5.41) is 5.47. The van der Waals surface area contributed by atoms with Crippen LogP contribution in [-0.2, 0) is 10.0 Å². The molecule has 9 heteroatoms. The van der Waals surface area contributed by atoms with E-state index in [9.17, 15) is 12.8 Å². The van der Waals surface area contributed by atoms with Crippen LogP contribution in [0.5, 0.6) is 0 Å². The molecule has 29 heavy (non-hydrogen) atoms. The second-order valence-corrected chi connectivity index (χ2v) is 9.31. The minimum Gasteiger partial charge on any atom is -0.334 e. The van der Waals surface area contributed by atoms with E-state index in [1.165, 1.54) is 18.2 Å². The van der Waals surface area contributed by atoms with Crippen molar-refractivity contribution in [2.75, 3.05) is 4.72 Å². The molecule has 0 amide bonds. The van der Waals surface area contributed by atoms with E-state index < -0.39 is 15.8 Å². The molecule has 0 saturated heterocycles. The minimum atomic E-state index is -3.75. The minimum absolute atomic E-state index is 0.122. The van der Waals surface area contributed by atoms with Crippen molar-refractivity contribution < 1.29 is 17.3 Å². The third kappa shape index (κ3) is 4.06. The van der Waals surface area contributed by atoms with E-state index in [0.717, 1.165) is 22.5 Å². The Hall–Kier alpha value is -3.04. The molecule has 0 aliphatic rings. The number of aromatic nitrogens is 2. The van der Waals surface area contributed by atoms with Crippen LogP contribution in [0.4, 0.5) is 10.1 Å². The number of nitrogens with zero attached hydrogens (tertiary/aromatic N) is 2. The standard InChI is InChI=1S/C20H16FN3O3S2/c1-12-6-7-17(8-13(12)2)24-29(25,26)18-10-15(11-28-18)20-22-19(23-27-20)14-4-3-5-16(21)9-14/h3-11,24H,1-2H3. The average Bonchev–Trinajstić information content (AvgIpc) is 3.34. The molecule has 2 aromatic carbocycles. The third-order valence-electron chi connectivity index (χ3n) is 4.36. The number of anilines is 1. The van der Waals surface area contributed by atoms with Gasteiger partial charge in [-0.1, -0.05) is 23.4 Å². The molecule has 6 nitrogen and oxygen atoms in total. The lowest BCUT2D eigenvalue weighted by molar-refractivity contribution is 0.432. The summed E-state index contributed by atoms with van der Waals surface area (Å²) in [6, 6.07) is 12.7. The van der Waals surface area contributed by atoms with Crippen LogP contribution in [0.3, 0.4) is 0 Å². The maximum Gasteiger partial charge on any atom is 0.271 e. The highest BCUT2D eigenvalue weighted by atomic mass is 32.2. The van der Waals surface area contributed by atoms with Gasteiger partial charge in [-0.05, 0) is 55.3 Å². The van der Waals surface area contributed by atoms with Crippen LogP contribution < -0.4 is 4.72 Å². The lowest BCUT2D eigenvalue weighted by atomic mass is 10.1. The molecule has 4 aromatic rings. The first kappa shape index (κ1) is 19.3. The van der Waals surface area contributed by atoms with E-state index in [-0.39, 0.29) is 15.9 Å². The summed E-state index contributed by atoms with van der Waals surface area (Å²) in [6.07, 6.45) is 0. The van der Waals surface area contributed by atoms with E-state index >= 15 is 0 Å². The molecule has 0 aliphatic heterocycles. The summed E-state index contributed by atoms with van der Waals surface area (Å²) in [5.74, 6) is -0.0216. The predicted molar refractivity (Wildman–Crippen MR) is 110 cm³/mol. The molecule has 0 atom stereocenters. The van der Waals surface area contributed by atoms with Gasteiger partial charge in [-0.25, -0.2) is 12.8 Å². The lowest BCUT2D eigenvalue weighted by Crippen LogP contribution is -2.11. The molecule has 0 fully saturated rings. The number of nitrogens with one attached hydrogen (secondary N) is 1. The van der Waals surface area contributed by atoms with Crippen LogP contribution >= 0.6 is 11.3 Å². The van der Waals surface area contributed by atoms with Crippen LogP contribution in [-0.4, -0.2) is 18.6 Å². The smallest absolute Gasteiger partial charge is 0.271 e. The molecule has 0 bridgehead atoms. The second kappa shape index (κ2) is 7.41. The third-order valence-corrected chi connectivity index (χ3v) is 7.18. The first-order valence-corrected chi connectivity index (χ1v) is 11.0. The highest BCUT2D eigenvalue weighted by Crippen LogP contribution is 2.30. The number of thiophene rings is 1. The normalized spacial score (nSPS) is 11.6. The summed E-state index contributed by atoms with van der Waals surface area (Å²) in [7, 11) is -3.75. The van der Waals surface area contributed by atoms with Gasteiger partial charge in [-0.15, -0.1) is 11.3 Å². The molecule has 148 valence electrons. The van der Waals surface area contributed by atoms with Gasteiger partial charge >= 0.3 is 0 Å². The van der Waals surface area contributed by atoms with Crippen molar-refractivity contribution in [2.24, 2.45) is 0 Å². The van der Waals surface area contributed by atoms with Crippen molar-refractivity contribution in [3.8, 4) is 22.8 Å². The summed E-state index contributed by atoms with van der Waals surface area (Å²) < 4.78 is 46.7. The molecule has 0 saturated carbocycles. The Labute approximate surface area is 171 Å². The topological polar surface area (TPSA) is 85.1 Å². The lowest BCUT2D eigenvalue weighted by Gasteiger charge is -2.08. The van der Waals surface area contributed by atoms with Crippen LogP contribution in [0.15, 0.2) is 62.6 Å². The Bertz CT molecular complexity index is 1300. The quantitative estimate of drug-likeness (QED) is 0.481. The number of sulfonamides is 1.